The molecule has 0 radical (unpaired) electrons. The summed E-state index contributed by atoms with van der Waals surface area (Å²) in [5.41, 5.74) is -0.306. The Labute approximate surface area is 145 Å². The lowest BCUT2D eigenvalue weighted by molar-refractivity contribution is -0.0791. The maximum atomic E-state index is 12.8. The van der Waals surface area contributed by atoms with Crippen LogP contribution in [0.15, 0.2) is 41.2 Å². The number of methoxy groups -OCH3 is 1. The Morgan fingerprint density at radius 2 is 2.24 bits per heavy atom. The normalized spacial score (nSPS) is 28.6. The average molecular weight is 343 g/mol. The van der Waals surface area contributed by atoms with Gasteiger partial charge in [0.1, 0.15) is 6.10 Å². The largest absolute Gasteiger partial charge is 0.474 e. The highest BCUT2D eigenvalue weighted by atomic mass is 16.5. The minimum absolute atomic E-state index is 0.00583. The molecule has 0 bridgehead atoms. The van der Waals surface area contributed by atoms with Crippen LogP contribution in [-0.4, -0.2) is 52.3 Å². The van der Waals surface area contributed by atoms with Gasteiger partial charge in [0.05, 0.1) is 17.8 Å². The number of carbonyl (C=O) groups excluding carboxylic acids is 1. The lowest BCUT2D eigenvalue weighted by Crippen LogP contribution is -2.53. The van der Waals surface area contributed by atoms with Crippen LogP contribution in [0.25, 0.3) is 0 Å². The van der Waals surface area contributed by atoms with E-state index in [-0.39, 0.29) is 29.4 Å². The number of pyridine rings is 1. The van der Waals surface area contributed by atoms with Crippen LogP contribution in [0.1, 0.15) is 36.2 Å². The fraction of sp³-hybridized carbons (Fsp3) is 0.500. The number of nitrogens with zero attached hydrogens (tertiary/aromatic N) is 3. The first-order valence-electron chi connectivity index (χ1n) is 8.56. The predicted molar refractivity (Wildman–Crippen MR) is 88.2 cm³/mol. The van der Waals surface area contributed by atoms with Gasteiger partial charge in [-0.3, -0.25) is 4.79 Å². The van der Waals surface area contributed by atoms with E-state index >= 15 is 0 Å². The van der Waals surface area contributed by atoms with Crippen LogP contribution in [0, 0.1) is 0 Å². The third kappa shape index (κ3) is 2.89. The molecule has 0 unspecified atom stereocenters. The number of rotatable bonds is 4. The van der Waals surface area contributed by atoms with E-state index in [1.165, 1.54) is 6.20 Å². The van der Waals surface area contributed by atoms with Crippen molar-refractivity contribution >= 4 is 5.91 Å². The van der Waals surface area contributed by atoms with E-state index in [9.17, 15) is 4.79 Å². The summed E-state index contributed by atoms with van der Waals surface area (Å²) in [6, 6.07) is 7.17. The summed E-state index contributed by atoms with van der Waals surface area (Å²) >= 11 is 0. The minimum Gasteiger partial charge on any atom is -0.474 e. The number of amides is 1. The monoisotopic (exact) mass is 343 g/mol. The zero-order valence-corrected chi connectivity index (χ0v) is 14.1. The lowest BCUT2D eigenvalue weighted by atomic mass is 9.79. The second-order valence-corrected chi connectivity index (χ2v) is 6.59. The van der Waals surface area contributed by atoms with Gasteiger partial charge < -0.3 is 18.9 Å². The van der Waals surface area contributed by atoms with E-state index in [0.29, 0.717) is 18.8 Å². The number of hydrogen-bond acceptors (Lipinski definition) is 6. The van der Waals surface area contributed by atoms with Crippen molar-refractivity contribution in [3.05, 3.63) is 42.4 Å². The average Bonchev–Trinajstić information content (AvgIpc) is 3.30. The first-order valence-corrected chi connectivity index (χ1v) is 8.56. The molecule has 4 rings (SSSR count). The Kier molecular flexibility index (Phi) is 4.17. The molecule has 2 aromatic rings. The van der Waals surface area contributed by atoms with Gasteiger partial charge in [0.25, 0.3) is 5.91 Å². The summed E-state index contributed by atoms with van der Waals surface area (Å²) in [7, 11) is 1.73. The first kappa shape index (κ1) is 16.1. The van der Waals surface area contributed by atoms with Crippen LogP contribution in [0.5, 0.6) is 5.88 Å². The topological polar surface area (TPSA) is 77.7 Å². The van der Waals surface area contributed by atoms with Crippen molar-refractivity contribution in [3.8, 4) is 5.88 Å². The standard InChI is InChI=1S/C18H21N3O4/c1-23-18-7-5-13(24-16-4-2-3-9-19-16)12-15(18)21(11-8-18)17(22)14-6-10-20-25-14/h2-4,6,9-10,13,15H,5,7-8,11-12H2,1H3/t13-,15+,18-/m1/s1. The Hall–Kier alpha value is -2.41. The Morgan fingerprint density at radius 1 is 1.32 bits per heavy atom. The molecule has 3 heterocycles. The van der Waals surface area contributed by atoms with Gasteiger partial charge in [0.2, 0.25) is 11.6 Å². The fourth-order valence-corrected chi connectivity index (χ4v) is 4.07. The molecule has 3 atom stereocenters. The molecule has 1 aliphatic carbocycles. The summed E-state index contributed by atoms with van der Waals surface area (Å²) in [6.07, 6.45) is 6.48. The van der Waals surface area contributed by atoms with Crippen LogP contribution < -0.4 is 4.74 Å². The number of carbonyl (C=O) groups is 1. The number of hydrogen-bond donors (Lipinski definition) is 0. The Bertz CT molecular complexity index is 721. The van der Waals surface area contributed by atoms with E-state index in [2.05, 4.69) is 10.1 Å². The van der Waals surface area contributed by atoms with Crippen molar-refractivity contribution < 1.29 is 18.8 Å². The molecule has 1 saturated carbocycles. The van der Waals surface area contributed by atoms with Gasteiger partial charge in [-0.1, -0.05) is 11.2 Å². The SMILES string of the molecule is CO[C@@]12CC[C@@H](Oc3ccccn3)C[C@@H]1N(C(=O)c1ccno1)CC2. The molecule has 0 aromatic carbocycles. The molecular weight excluding hydrogens is 322 g/mol. The molecule has 1 amide bonds. The van der Waals surface area contributed by atoms with Gasteiger partial charge in [0.15, 0.2) is 0 Å². The molecule has 7 nitrogen and oxygen atoms in total. The molecule has 132 valence electrons. The van der Waals surface area contributed by atoms with Gasteiger partial charge in [0, 0.05) is 38.4 Å². The highest BCUT2D eigenvalue weighted by Crippen LogP contribution is 2.43. The Morgan fingerprint density at radius 3 is 2.96 bits per heavy atom. The number of ether oxygens (including phenoxy) is 2. The van der Waals surface area contributed by atoms with Crippen LogP contribution in [0.3, 0.4) is 0 Å². The van der Waals surface area contributed by atoms with Crippen LogP contribution in [-0.2, 0) is 4.74 Å². The van der Waals surface area contributed by atoms with Crippen molar-refractivity contribution in [2.45, 2.75) is 43.4 Å². The fourth-order valence-electron chi connectivity index (χ4n) is 4.07. The zero-order chi connectivity index (χ0) is 17.3. The first-order chi connectivity index (χ1) is 12.2. The maximum absolute atomic E-state index is 12.8. The molecule has 0 N–H and O–H groups in total. The van der Waals surface area contributed by atoms with Crippen molar-refractivity contribution in [3.63, 3.8) is 0 Å². The van der Waals surface area contributed by atoms with E-state index in [0.717, 1.165) is 19.3 Å². The maximum Gasteiger partial charge on any atom is 0.292 e. The van der Waals surface area contributed by atoms with Crippen molar-refractivity contribution in [1.82, 2.24) is 15.0 Å². The predicted octanol–water partition coefficient (Wildman–Crippen LogP) is 2.30. The molecule has 2 aromatic heterocycles. The zero-order valence-electron chi connectivity index (χ0n) is 14.1. The van der Waals surface area contributed by atoms with E-state index in [4.69, 9.17) is 14.0 Å². The number of likely N-dealkylation sites (tertiary alicyclic amines) is 1. The van der Waals surface area contributed by atoms with Gasteiger partial charge in [-0.2, -0.15) is 0 Å². The van der Waals surface area contributed by atoms with Gasteiger partial charge in [-0.15, -0.1) is 0 Å². The molecule has 25 heavy (non-hydrogen) atoms. The second kappa shape index (κ2) is 6.48. The van der Waals surface area contributed by atoms with E-state index in [1.54, 1.807) is 19.4 Å². The van der Waals surface area contributed by atoms with Crippen LogP contribution in [0.2, 0.25) is 0 Å². The van der Waals surface area contributed by atoms with Crippen molar-refractivity contribution in [2.24, 2.45) is 0 Å². The molecular formula is C18H21N3O4. The highest BCUT2D eigenvalue weighted by Gasteiger charge is 2.53. The van der Waals surface area contributed by atoms with Crippen LogP contribution >= 0.6 is 0 Å². The molecule has 1 aliphatic heterocycles. The van der Waals surface area contributed by atoms with E-state index < -0.39 is 0 Å². The molecule has 2 aliphatic rings. The van der Waals surface area contributed by atoms with Gasteiger partial charge in [-0.05, 0) is 25.3 Å². The Balaban J connectivity index is 1.53. The van der Waals surface area contributed by atoms with Crippen molar-refractivity contribution in [1.29, 1.82) is 0 Å². The van der Waals surface area contributed by atoms with Crippen LogP contribution in [0.4, 0.5) is 0 Å². The summed E-state index contributed by atoms with van der Waals surface area (Å²) in [5, 5.41) is 3.64. The summed E-state index contributed by atoms with van der Waals surface area (Å²) in [5.74, 6) is 0.739. The number of aromatic nitrogens is 2. The quantitative estimate of drug-likeness (QED) is 0.848. The smallest absolute Gasteiger partial charge is 0.292 e. The molecule has 2 fully saturated rings. The van der Waals surface area contributed by atoms with E-state index in [1.807, 2.05) is 23.1 Å². The third-order valence-corrected chi connectivity index (χ3v) is 5.38. The third-order valence-electron chi connectivity index (χ3n) is 5.38. The number of fused-ring (bicyclic) bond motifs is 1. The second-order valence-electron chi connectivity index (χ2n) is 6.59. The summed E-state index contributed by atoms with van der Waals surface area (Å²) in [6.45, 7) is 0.647. The highest BCUT2D eigenvalue weighted by molar-refractivity contribution is 5.91. The molecule has 7 heteroatoms. The van der Waals surface area contributed by atoms with Crippen molar-refractivity contribution in [2.75, 3.05) is 13.7 Å². The minimum atomic E-state index is -0.306. The van der Waals surface area contributed by atoms with Gasteiger partial charge in [-0.25, -0.2) is 4.98 Å². The lowest BCUT2D eigenvalue weighted by Gasteiger charge is -2.43. The molecule has 1 saturated heterocycles. The molecule has 0 spiro atoms. The summed E-state index contributed by atoms with van der Waals surface area (Å²) in [4.78, 5) is 18.8. The van der Waals surface area contributed by atoms with Gasteiger partial charge >= 0.3 is 0 Å². The summed E-state index contributed by atoms with van der Waals surface area (Å²) < 4.78 is 17.0.